The van der Waals surface area contributed by atoms with E-state index in [1.54, 1.807) is 4.90 Å². The van der Waals surface area contributed by atoms with E-state index in [9.17, 15) is 9.90 Å². The van der Waals surface area contributed by atoms with E-state index in [0.717, 1.165) is 5.56 Å². The molecule has 1 aromatic carbocycles. The Bertz CT molecular complexity index is 367. The molecule has 0 bridgehead atoms. The number of β-amino-alcohol motifs (C(OH)–C–C–N with tert-alkyl or cyclic N) is 1. The predicted molar refractivity (Wildman–Crippen MR) is 60.6 cm³/mol. The zero-order valence-corrected chi connectivity index (χ0v) is 9.04. The molecule has 0 radical (unpaired) electrons. The van der Waals surface area contributed by atoms with Crippen molar-refractivity contribution in [3.05, 3.63) is 35.9 Å². The quantitative estimate of drug-likeness (QED) is 0.769. The SMILES string of the molecule is NC1CC(=O)N(CC(O)c2ccccc2)C1. The number of amides is 1. The maximum atomic E-state index is 11.5. The van der Waals surface area contributed by atoms with Crippen LogP contribution in [0, 0.1) is 0 Å². The molecule has 3 N–H and O–H groups in total. The largest absolute Gasteiger partial charge is 0.387 e. The zero-order valence-electron chi connectivity index (χ0n) is 9.04. The molecular weight excluding hydrogens is 204 g/mol. The molecule has 86 valence electrons. The van der Waals surface area contributed by atoms with Crippen molar-refractivity contribution in [1.82, 2.24) is 4.90 Å². The van der Waals surface area contributed by atoms with E-state index in [0.29, 0.717) is 19.5 Å². The van der Waals surface area contributed by atoms with Crippen LogP contribution in [0.25, 0.3) is 0 Å². The van der Waals surface area contributed by atoms with Crippen LogP contribution in [0.15, 0.2) is 30.3 Å². The van der Waals surface area contributed by atoms with Gasteiger partial charge in [-0.15, -0.1) is 0 Å². The van der Waals surface area contributed by atoms with E-state index >= 15 is 0 Å². The Morgan fingerprint density at radius 3 is 2.69 bits per heavy atom. The third kappa shape index (κ3) is 2.40. The summed E-state index contributed by atoms with van der Waals surface area (Å²) in [6.07, 6.45) is -0.239. The Labute approximate surface area is 94.7 Å². The minimum atomic E-state index is -0.629. The van der Waals surface area contributed by atoms with E-state index in [-0.39, 0.29) is 11.9 Å². The second-order valence-corrected chi connectivity index (χ2v) is 4.19. The molecule has 0 aromatic heterocycles. The number of carbonyl (C=O) groups is 1. The van der Waals surface area contributed by atoms with Crippen molar-refractivity contribution >= 4 is 5.91 Å². The molecule has 4 heteroatoms. The number of hydrogen-bond donors (Lipinski definition) is 2. The number of carbonyl (C=O) groups excluding carboxylic acids is 1. The van der Waals surface area contributed by atoms with Crippen LogP contribution < -0.4 is 5.73 Å². The Hall–Kier alpha value is -1.39. The maximum Gasteiger partial charge on any atom is 0.224 e. The fraction of sp³-hybridized carbons (Fsp3) is 0.417. The normalized spacial score (nSPS) is 22.5. The first-order valence-electron chi connectivity index (χ1n) is 5.43. The summed E-state index contributed by atoms with van der Waals surface area (Å²) >= 11 is 0. The van der Waals surface area contributed by atoms with Gasteiger partial charge < -0.3 is 15.7 Å². The lowest BCUT2D eigenvalue weighted by atomic mass is 10.1. The standard InChI is InChI=1S/C12H16N2O2/c13-10-6-12(16)14(7-10)8-11(15)9-4-2-1-3-5-9/h1-5,10-11,15H,6-8,13H2. The van der Waals surface area contributed by atoms with Crippen LogP contribution >= 0.6 is 0 Å². The summed E-state index contributed by atoms with van der Waals surface area (Å²) in [7, 11) is 0. The summed E-state index contributed by atoms with van der Waals surface area (Å²) in [5, 5.41) is 9.95. The molecule has 0 saturated carbocycles. The van der Waals surface area contributed by atoms with Crippen molar-refractivity contribution < 1.29 is 9.90 Å². The number of benzene rings is 1. The highest BCUT2D eigenvalue weighted by atomic mass is 16.3. The van der Waals surface area contributed by atoms with Crippen LogP contribution in [0.5, 0.6) is 0 Å². The van der Waals surface area contributed by atoms with Gasteiger partial charge in [-0.25, -0.2) is 0 Å². The van der Waals surface area contributed by atoms with Crippen molar-refractivity contribution in [2.75, 3.05) is 13.1 Å². The Morgan fingerprint density at radius 2 is 2.12 bits per heavy atom. The third-order valence-corrected chi connectivity index (χ3v) is 2.82. The van der Waals surface area contributed by atoms with Gasteiger partial charge in [-0.3, -0.25) is 4.79 Å². The average Bonchev–Trinajstić information content (AvgIpc) is 2.59. The molecule has 1 aliphatic rings. The van der Waals surface area contributed by atoms with Gasteiger partial charge >= 0.3 is 0 Å². The summed E-state index contributed by atoms with van der Waals surface area (Å²) in [6.45, 7) is 0.874. The Kier molecular flexibility index (Phi) is 3.22. The van der Waals surface area contributed by atoms with E-state index < -0.39 is 6.10 Å². The molecule has 1 fully saturated rings. The summed E-state index contributed by atoms with van der Waals surface area (Å²) in [5.41, 5.74) is 6.52. The molecule has 1 heterocycles. The summed E-state index contributed by atoms with van der Waals surface area (Å²) < 4.78 is 0. The summed E-state index contributed by atoms with van der Waals surface area (Å²) in [6, 6.07) is 9.26. The minimum Gasteiger partial charge on any atom is -0.387 e. The van der Waals surface area contributed by atoms with Gasteiger partial charge in [0.25, 0.3) is 0 Å². The molecule has 1 saturated heterocycles. The Morgan fingerprint density at radius 1 is 1.44 bits per heavy atom. The zero-order chi connectivity index (χ0) is 11.5. The first-order chi connectivity index (χ1) is 7.66. The molecule has 0 aliphatic carbocycles. The fourth-order valence-electron chi connectivity index (χ4n) is 1.97. The monoisotopic (exact) mass is 220 g/mol. The number of likely N-dealkylation sites (tertiary alicyclic amines) is 1. The summed E-state index contributed by atoms with van der Waals surface area (Å²) in [5.74, 6) is 0.0301. The first-order valence-corrected chi connectivity index (χ1v) is 5.43. The second-order valence-electron chi connectivity index (χ2n) is 4.19. The highest BCUT2D eigenvalue weighted by molar-refractivity contribution is 5.79. The first kappa shape index (κ1) is 11.1. The number of aliphatic hydroxyl groups excluding tert-OH is 1. The number of aliphatic hydroxyl groups is 1. The van der Waals surface area contributed by atoms with Gasteiger partial charge in [-0.05, 0) is 5.56 Å². The van der Waals surface area contributed by atoms with Gasteiger partial charge in [-0.2, -0.15) is 0 Å². The topological polar surface area (TPSA) is 66.6 Å². The molecule has 0 spiro atoms. The van der Waals surface area contributed by atoms with Crippen molar-refractivity contribution in [3.63, 3.8) is 0 Å². The van der Waals surface area contributed by atoms with Crippen LogP contribution in [0.3, 0.4) is 0 Å². The van der Waals surface area contributed by atoms with Gasteiger partial charge in [0.05, 0.1) is 12.6 Å². The van der Waals surface area contributed by atoms with Crippen LogP contribution in [0.1, 0.15) is 18.1 Å². The molecule has 1 amide bonds. The van der Waals surface area contributed by atoms with Gasteiger partial charge in [0.15, 0.2) is 0 Å². The highest BCUT2D eigenvalue weighted by Crippen LogP contribution is 2.17. The lowest BCUT2D eigenvalue weighted by Crippen LogP contribution is -2.32. The van der Waals surface area contributed by atoms with Gasteiger partial charge in [0, 0.05) is 19.0 Å². The van der Waals surface area contributed by atoms with Gasteiger partial charge in [0.1, 0.15) is 0 Å². The van der Waals surface area contributed by atoms with Crippen LogP contribution in [0.2, 0.25) is 0 Å². The Balaban J connectivity index is 1.98. The average molecular weight is 220 g/mol. The minimum absolute atomic E-state index is 0.0301. The molecule has 16 heavy (non-hydrogen) atoms. The summed E-state index contributed by atoms with van der Waals surface area (Å²) in [4.78, 5) is 13.1. The van der Waals surface area contributed by atoms with E-state index in [1.165, 1.54) is 0 Å². The van der Waals surface area contributed by atoms with Gasteiger partial charge in [0.2, 0.25) is 5.91 Å². The number of rotatable bonds is 3. The highest BCUT2D eigenvalue weighted by Gasteiger charge is 2.28. The molecule has 2 rings (SSSR count). The van der Waals surface area contributed by atoms with E-state index in [2.05, 4.69) is 0 Å². The smallest absolute Gasteiger partial charge is 0.224 e. The molecular formula is C12H16N2O2. The fourth-order valence-corrected chi connectivity index (χ4v) is 1.97. The molecule has 2 unspecified atom stereocenters. The number of nitrogens with zero attached hydrogens (tertiary/aromatic N) is 1. The predicted octanol–water partition coefficient (Wildman–Crippen LogP) is 0.280. The second kappa shape index (κ2) is 4.63. The molecule has 2 atom stereocenters. The van der Waals surface area contributed by atoms with Crippen LogP contribution in [0.4, 0.5) is 0 Å². The molecule has 4 nitrogen and oxygen atoms in total. The van der Waals surface area contributed by atoms with Crippen molar-refractivity contribution in [2.45, 2.75) is 18.6 Å². The van der Waals surface area contributed by atoms with E-state index in [4.69, 9.17) is 5.73 Å². The third-order valence-electron chi connectivity index (χ3n) is 2.82. The van der Waals surface area contributed by atoms with Crippen molar-refractivity contribution in [1.29, 1.82) is 0 Å². The van der Waals surface area contributed by atoms with Gasteiger partial charge in [-0.1, -0.05) is 30.3 Å². The lowest BCUT2D eigenvalue weighted by Gasteiger charge is -2.20. The number of hydrogen-bond acceptors (Lipinski definition) is 3. The number of nitrogens with two attached hydrogens (primary N) is 1. The lowest BCUT2D eigenvalue weighted by molar-refractivity contribution is -0.128. The maximum absolute atomic E-state index is 11.5. The molecule has 1 aliphatic heterocycles. The van der Waals surface area contributed by atoms with Crippen molar-refractivity contribution in [2.24, 2.45) is 5.73 Å². The molecule has 1 aromatic rings. The van der Waals surface area contributed by atoms with E-state index in [1.807, 2.05) is 30.3 Å². The van der Waals surface area contributed by atoms with Crippen LogP contribution in [-0.2, 0) is 4.79 Å². The van der Waals surface area contributed by atoms with Crippen LogP contribution in [-0.4, -0.2) is 35.0 Å². The van der Waals surface area contributed by atoms with Crippen molar-refractivity contribution in [3.8, 4) is 0 Å².